The summed E-state index contributed by atoms with van der Waals surface area (Å²) in [4.78, 5) is 9.37. The van der Waals surface area contributed by atoms with E-state index < -0.39 is 0 Å². The number of pyridine rings is 2. The molecule has 0 radical (unpaired) electrons. The summed E-state index contributed by atoms with van der Waals surface area (Å²) in [5.74, 6) is 0. The maximum atomic E-state index is 4.85. The molecule has 0 bridgehead atoms. The normalized spacial score (nSPS) is 10.9. The van der Waals surface area contributed by atoms with Crippen LogP contribution < -0.4 is -5.82 Å². The van der Waals surface area contributed by atoms with Gasteiger partial charge in [-0.2, -0.15) is 0 Å². The van der Waals surface area contributed by atoms with Gasteiger partial charge < -0.3 is 0 Å². The Hall–Kier alpha value is 0.133. The molecule has 0 saturated carbocycles. The zero-order valence-electron chi connectivity index (χ0n) is 13.7. The van der Waals surface area contributed by atoms with E-state index in [9.17, 15) is 0 Å². The van der Waals surface area contributed by atoms with E-state index in [1.165, 1.54) is 11.3 Å². The third kappa shape index (κ3) is 3.50. The zero-order valence-corrected chi connectivity index (χ0v) is 26.9. The first kappa shape index (κ1) is 17.5. The van der Waals surface area contributed by atoms with Gasteiger partial charge in [0.2, 0.25) is 0 Å². The molecule has 0 spiro atoms. The molecule has 3 heterocycles. The van der Waals surface area contributed by atoms with Gasteiger partial charge in [0.05, 0.1) is 0 Å². The fourth-order valence-corrected chi connectivity index (χ4v) is 4.71. The fourth-order valence-electron chi connectivity index (χ4n) is 2.88. The van der Waals surface area contributed by atoms with E-state index in [-0.39, 0.29) is 0 Å². The number of anilines is 1. The Morgan fingerprint density at radius 3 is 2.67 bits per heavy atom. The minimum atomic E-state index is 0.376. The summed E-state index contributed by atoms with van der Waals surface area (Å²) in [6, 6.07) is 20.9. The Balaban J connectivity index is 2.01. The number of hydrogen-bond acceptors (Lipinski definition) is 3. The number of aromatic nitrogens is 3. The fraction of sp³-hybridized carbons (Fsp3) is 0. The van der Waals surface area contributed by atoms with Crippen LogP contribution in [0.25, 0.3) is 28.3 Å². The van der Waals surface area contributed by atoms with Crippen molar-refractivity contribution < 1.29 is 43.2 Å². The first-order valence-electron chi connectivity index (χ1n) is 7.90. The van der Waals surface area contributed by atoms with Crippen LogP contribution in [0.5, 0.6) is 0 Å². The minimum absolute atomic E-state index is 0.376. The van der Waals surface area contributed by atoms with Gasteiger partial charge in [0, 0.05) is 0 Å². The summed E-state index contributed by atoms with van der Waals surface area (Å²) in [7, 11) is 0. The van der Waals surface area contributed by atoms with Crippen molar-refractivity contribution in [2.45, 2.75) is 0 Å². The average Bonchev–Trinajstić information content (AvgIpc) is 3.02. The molecule has 4 nitrogen and oxygen atoms in total. The number of fused-ring (bicyclic) bond motifs is 1. The second-order valence-electron chi connectivity index (χ2n) is 5.90. The predicted molar refractivity (Wildman–Crippen MR) is 93.5 cm³/mol. The van der Waals surface area contributed by atoms with Gasteiger partial charge in [-0.1, -0.05) is 0 Å². The van der Waals surface area contributed by atoms with E-state index in [4.69, 9.17) is 4.98 Å². The van der Waals surface area contributed by atoms with Crippen molar-refractivity contribution in [3.63, 3.8) is 0 Å². The molecule has 108 valence electrons. The summed E-state index contributed by atoms with van der Waals surface area (Å²) in [5.41, 5.74) is 6.45. The van der Waals surface area contributed by atoms with Crippen LogP contribution in [0, 0.1) is 43.2 Å². The third-order valence-corrected chi connectivity index (χ3v) is 7.47. The molecule has 0 N–H and O–H groups in total. The van der Waals surface area contributed by atoms with Crippen LogP contribution in [0.1, 0.15) is 0 Å². The molecular formula is C18H13N4RaRb. The van der Waals surface area contributed by atoms with Gasteiger partial charge >= 0.3 is 215 Å². The SMILES string of the molecule is [Rb][N]([RaH])c1cccc(-c2c(-c3ccccn3)nc3ccccn23)c1. The Bertz CT molecular complexity index is 998. The Morgan fingerprint density at radius 1 is 1.00 bits per heavy atom. The molecule has 0 fully saturated rings. The van der Waals surface area contributed by atoms with Gasteiger partial charge in [-0.25, -0.2) is 0 Å². The second-order valence-corrected chi connectivity index (χ2v) is 32.8. The Labute approximate surface area is 210 Å². The molecule has 0 unspecified atom stereocenters. The van der Waals surface area contributed by atoms with E-state index in [0.29, 0.717) is 99.2 Å². The van der Waals surface area contributed by atoms with Crippen LogP contribution in [0.4, 0.5) is 5.69 Å². The summed E-state index contributed by atoms with van der Waals surface area (Å²) < 4.78 is 4.70. The van der Waals surface area contributed by atoms with Crippen molar-refractivity contribution in [3.05, 3.63) is 73.1 Å². The molecule has 0 aliphatic heterocycles. The van der Waals surface area contributed by atoms with E-state index in [1.807, 2.05) is 42.6 Å². The molecule has 4 rings (SSSR count). The Kier molecular flexibility index (Phi) is 5.70. The van der Waals surface area contributed by atoms with Gasteiger partial charge in [-0.05, 0) is 0 Å². The monoisotopic (exact) mass is 596 g/mol. The number of nitrogens with zero attached hydrogens (tertiary/aromatic N) is 4. The van der Waals surface area contributed by atoms with Crippen molar-refractivity contribution in [2.24, 2.45) is 0 Å². The van der Waals surface area contributed by atoms with Gasteiger partial charge in [0.25, 0.3) is 0 Å². The molecule has 3 aromatic heterocycles. The van der Waals surface area contributed by atoms with Gasteiger partial charge in [0.1, 0.15) is 0 Å². The van der Waals surface area contributed by atoms with Gasteiger partial charge in [0.15, 0.2) is 0 Å². The molecule has 4 aromatic rings. The summed E-state index contributed by atoms with van der Waals surface area (Å²) in [6.07, 6.45) is 3.90. The number of imidazole rings is 1. The van der Waals surface area contributed by atoms with Crippen molar-refractivity contribution in [1.29, 1.82) is 0 Å². The molecule has 0 aliphatic rings. The predicted octanol–water partition coefficient (Wildman–Crippen LogP) is 3.15. The second kappa shape index (κ2) is 7.79. The standard InChI is InChI=1S/C18H12N4.Ra.Rb.H/c19-14-7-5-6-13(12-14)18-17(15-8-1-3-10-20-15)21-16-9-2-4-11-22(16)18;;;/h1-12H;;;. The molecule has 0 aliphatic carbocycles. The third-order valence-electron chi connectivity index (χ3n) is 4.07. The van der Waals surface area contributed by atoms with Crippen molar-refractivity contribution in [1.82, 2.24) is 14.4 Å². The first-order chi connectivity index (χ1) is 11.7. The van der Waals surface area contributed by atoms with Crippen molar-refractivity contribution in [3.8, 4) is 22.6 Å². The average molecular weight is 597 g/mol. The van der Waals surface area contributed by atoms with E-state index in [1.54, 1.807) is 0 Å². The van der Waals surface area contributed by atoms with Crippen LogP contribution in [0.3, 0.4) is 0 Å². The number of benzene rings is 1. The first-order valence-corrected chi connectivity index (χ1v) is 13.8. The van der Waals surface area contributed by atoms with Crippen molar-refractivity contribution >= 4 is 67.4 Å². The molecule has 0 atom stereocenters. The van der Waals surface area contributed by atoms with E-state index in [0.717, 1.165) is 22.7 Å². The molecule has 24 heavy (non-hydrogen) atoms. The van der Waals surface area contributed by atoms with Crippen LogP contribution in [-0.2, 0) is 0 Å². The number of hydrogen-bond donors (Lipinski definition) is 0. The molecule has 6 heteroatoms. The van der Waals surface area contributed by atoms with Crippen molar-refractivity contribution in [2.75, 3.05) is -5.82 Å². The summed E-state index contributed by atoms with van der Waals surface area (Å²) in [5, 5.41) is 0. The van der Waals surface area contributed by atoms with Crippen LogP contribution >= 0.6 is 0 Å². The Morgan fingerprint density at radius 2 is 1.88 bits per heavy atom. The van der Waals surface area contributed by atoms with Crippen LogP contribution in [-0.4, -0.2) is 70.4 Å². The van der Waals surface area contributed by atoms with Crippen LogP contribution in [0.15, 0.2) is 73.1 Å². The van der Waals surface area contributed by atoms with Crippen LogP contribution in [0.2, 0.25) is 0 Å². The number of rotatable bonds is 3. The van der Waals surface area contributed by atoms with E-state index in [2.05, 4.69) is 34.0 Å². The topological polar surface area (TPSA) is 33.4 Å². The summed E-state index contributed by atoms with van der Waals surface area (Å²) >= 11 is 0.910. The van der Waals surface area contributed by atoms with E-state index >= 15 is 0 Å². The van der Waals surface area contributed by atoms with Gasteiger partial charge in [-0.15, -0.1) is 0 Å². The maximum absolute atomic E-state index is 4.85. The molecular weight excluding hydrogens is 584 g/mol. The molecule has 0 saturated heterocycles. The zero-order chi connectivity index (χ0) is 16.5. The molecule has 0 amide bonds. The van der Waals surface area contributed by atoms with Gasteiger partial charge in [-0.3, -0.25) is 0 Å². The summed E-state index contributed by atoms with van der Waals surface area (Å²) in [6.45, 7) is 0. The molecule has 1 aromatic carbocycles. The quantitative estimate of drug-likeness (QED) is 0.365.